The summed E-state index contributed by atoms with van der Waals surface area (Å²) >= 11 is 0. The summed E-state index contributed by atoms with van der Waals surface area (Å²) in [5.41, 5.74) is 7.50. The third kappa shape index (κ3) is 5.89. The number of benzene rings is 2. The molecule has 0 radical (unpaired) electrons. The highest BCUT2D eigenvalue weighted by atomic mass is 16.4. The maximum absolute atomic E-state index is 12.8. The molecule has 0 saturated carbocycles. The molecule has 2 aromatic carbocycles. The Balaban J connectivity index is 1.76. The van der Waals surface area contributed by atoms with Crippen molar-refractivity contribution in [1.29, 1.82) is 0 Å². The molecule has 3 rings (SSSR count). The zero-order valence-electron chi connectivity index (χ0n) is 17.0. The van der Waals surface area contributed by atoms with Gasteiger partial charge in [-0.1, -0.05) is 42.5 Å². The van der Waals surface area contributed by atoms with Gasteiger partial charge in [0.2, 0.25) is 11.8 Å². The first kappa shape index (κ1) is 22.0. The molecule has 0 spiro atoms. The number of rotatable bonds is 9. The van der Waals surface area contributed by atoms with E-state index >= 15 is 0 Å². The van der Waals surface area contributed by atoms with Crippen molar-refractivity contribution in [3.05, 3.63) is 66.2 Å². The highest BCUT2D eigenvalue weighted by molar-refractivity contribution is 5.92. The first-order valence-corrected chi connectivity index (χ1v) is 9.87. The molecule has 0 aliphatic rings. The number of aromatic amines is 1. The van der Waals surface area contributed by atoms with Crippen molar-refractivity contribution < 1.29 is 19.5 Å². The van der Waals surface area contributed by atoms with E-state index in [-0.39, 0.29) is 12.8 Å². The number of carbonyl (C=O) groups is 3. The molecule has 2 amide bonds. The number of hydrogen-bond acceptors (Lipinski definition) is 5. The molecule has 3 atom stereocenters. The highest BCUT2D eigenvalue weighted by Crippen LogP contribution is 2.17. The number of imidazole rings is 1. The van der Waals surface area contributed by atoms with Gasteiger partial charge in [-0.05, 0) is 23.3 Å². The van der Waals surface area contributed by atoms with Crippen LogP contribution in [0.3, 0.4) is 0 Å². The largest absolute Gasteiger partial charge is 0.480 e. The van der Waals surface area contributed by atoms with E-state index in [9.17, 15) is 14.4 Å². The second-order valence-electron chi connectivity index (χ2n) is 7.40. The minimum atomic E-state index is -1.17. The van der Waals surface area contributed by atoms with Crippen LogP contribution in [0, 0.1) is 0 Å². The van der Waals surface area contributed by atoms with Gasteiger partial charge in [0.25, 0.3) is 0 Å². The summed E-state index contributed by atoms with van der Waals surface area (Å²) in [5, 5.41) is 16.2. The van der Waals surface area contributed by atoms with E-state index in [1.54, 1.807) is 6.20 Å². The van der Waals surface area contributed by atoms with Crippen LogP contribution >= 0.6 is 0 Å². The summed E-state index contributed by atoms with van der Waals surface area (Å²) in [7, 11) is 0. The molecule has 0 bridgehead atoms. The Morgan fingerprint density at radius 3 is 2.48 bits per heavy atom. The molecular weight excluding hydrogens is 398 g/mol. The van der Waals surface area contributed by atoms with E-state index < -0.39 is 35.9 Å². The molecule has 1 heterocycles. The van der Waals surface area contributed by atoms with Gasteiger partial charge in [0.1, 0.15) is 12.1 Å². The van der Waals surface area contributed by atoms with E-state index in [4.69, 9.17) is 10.8 Å². The average molecular weight is 423 g/mol. The fourth-order valence-electron chi connectivity index (χ4n) is 3.19. The Morgan fingerprint density at radius 1 is 1.06 bits per heavy atom. The van der Waals surface area contributed by atoms with E-state index in [1.165, 1.54) is 13.3 Å². The monoisotopic (exact) mass is 423 g/mol. The summed E-state index contributed by atoms with van der Waals surface area (Å²) in [6.45, 7) is 1.36. The first-order chi connectivity index (χ1) is 14.8. The van der Waals surface area contributed by atoms with Crippen LogP contribution in [-0.4, -0.2) is 51.0 Å². The number of amides is 2. The molecule has 3 aromatic rings. The van der Waals surface area contributed by atoms with Crippen LogP contribution in [0.5, 0.6) is 0 Å². The number of nitrogens with one attached hydrogen (secondary N) is 3. The third-order valence-electron chi connectivity index (χ3n) is 4.95. The lowest BCUT2D eigenvalue weighted by atomic mass is 10.0. The number of carboxylic acid groups (broad SMARTS) is 1. The summed E-state index contributed by atoms with van der Waals surface area (Å²) in [4.78, 5) is 43.3. The van der Waals surface area contributed by atoms with Crippen molar-refractivity contribution in [2.75, 3.05) is 0 Å². The Bertz CT molecular complexity index is 1070. The van der Waals surface area contributed by atoms with Crippen molar-refractivity contribution in [2.45, 2.75) is 37.9 Å². The number of nitrogens with zero attached hydrogens (tertiary/aromatic N) is 1. The maximum atomic E-state index is 12.8. The van der Waals surface area contributed by atoms with Gasteiger partial charge in [-0.15, -0.1) is 0 Å². The fraction of sp³-hybridized carbons (Fsp3) is 0.273. The summed E-state index contributed by atoms with van der Waals surface area (Å²) in [6, 6.07) is 10.6. The van der Waals surface area contributed by atoms with Gasteiger partial charge in [-0.2, -0.15) is 0 Å². The van der Waals surface area contributed by atoms with Crippen molar-refractivity contribution in [1.82, 2.24) is 20.6 Å². The summed E-state index contributed by atoms with van der Waals surface area (Å²) < 4.78 is 0. The number of hydrogen-bond donors (Lipinski definition) is 5. The van der Waals surface area contributed by atoms with Gasteiger partial charge in [-0.3, -0.25) is 14.4 Å². The lowest BCUT2D eigenvalue weighted by Gasteiger charge is -2.22. The predicted molar refractivity (Wildman–Crippen MR) is 115 cm³/mol. The quantitative estimate of drug-likeness (QED) is 0.343. The molecule has 0 aliphatic carbocycles. The number of H-pyrrole nitrogens is 1. The molecule has 162 valence electrons. The molecule has 9 nitrogen and oxygen atoms in total. The molecule has 0 unspecified atom stereocenters. The van der Waals surface area contributed by atoms with Crippen LogP contribution in [0.1, 0.15) is 18.2 Å². The number of nitrogens with two attached hydrogens (primary N) is 1. The Labute approximate surface area is 179 Å². The van der Waals surface area contributed by atoms with Gasteiger partial charge >= 0.3 is 5.97 Å². The normalized spacial score (nSPS) is 13.9. The van der Waals surface area contributed by atoms with E-state index in [1.807, 2.05) is 42.5 Å². The summed E-state index contributed by atoms with van der Waals surface area (Å²) in [6.07, 6.45) is 3.47. The van der Waals surface area contributed by atoms with Crippen molar-refractivity contribution >= 4 is 28.6 Å². The second kappa shape index (κ2) is 9.86. The SMILES string of the molecule is C[C@H](NC(=O)[C@@H](Cc1ccc2ccccc2c1)NC(=O)[C@@H](N)Cc1cnc[nH]1)C(=O)O. The molecule has 0 aliphatic heterocycles. The first-order valence-electron chi connectivity index (χ1n) is 9.87. The predicted octanol–water partition coefficient (Wildman–Crippen LogP) is 0.750. The standard InChI is InChI=1S/C22H25N5O4/c1-13(22(30)31)26-21(29)19(27-20(28)18(23)10-17-11-24-12-25-17)9-14-6-7-15-4-2-3-5-16(15)8-14/h2-8,11-13,18-19H,9-10,23H2,1H3,(H,24,25)(H,26,29)(H,27,28)(H,30,31)/t13-,18-,19+/m0/s1. The number of aliphatic carboxylic acids is 1. The molecule has 0 fully saturated rings. The van der Waals surface area contributed by atoms with Crippen LogP contribution in [0.25, 0.3) is 10.8 Å². The van der Waals surface area contributed by atoms with Gasteiger partial charge < -0.3 is 26.5 Å². The van der Waals surface area contributed by atoms with Gasteiger partial charge in [-0.25, -0.2) is 4.98 Å². The Morgan fingerprint density at radius 2 is 1.81 bits per heavy atom. The van der Waals surface area contributed by atoms with E-state index in [0.717, 1.165) is 16.3 Å². The van der Waals surface area contributed by atoms with Crippen LogP contribution in [0.15, 0.2) is 55.0 Å². The van der Waals surface area contributed by atoms with Crippen molar-refractivity contribution in [3.63, 3.8) is 0 Å². The number of carboxylic acids is 1. The van der Waals surface area contributed by atoms with Crippen LogP contribution in [-0.2, 0) is 27.2 Å². The molecule has 9 heteroatoms. The highest BCUT2D eigenvalue weighted by Gasteiger charge is 2.27. The van der Waals surface area contributed by atoms with E-state index in [2.05, 4.69) is 20.6 Å². The third-order valence-corrected chi connectivity index (χ3v) is 4.95. The lowest BCUT2D eigenvalue weighted by Crippen LogP contribution is -2.55. The summed E-state index contributed by atoms with van der Waals surface area (Å²) in [5.74, 6) is -2.27. The molecule has 0 saturated heterocycles. The zero-order chi connectivity index (χ0) is 22.4. The number of carbonyl (C=O) groups excluding carboxylic acids is 2. The van der Waals surface area contributed by atoms with Crippen LogP contribution < -0.4 is 16.4 Å². The van der Waals surface area contributed by atoms with E-state index in [0.29, 0.717) is 5.69 Å². The fourth-order valence-corrected chi connectivity index (χ4v) is 3.19. The minimum absolute atomic E-state index is 0.186. The van der Waals surface area contributed by atoms with Gasteiger partial charge in [0, 0.05) is 24.7 Å². The topological polar surface area (TPSA) is 150 Å². The Hall–Kier alpha value is -3.72. The second-order valence-corrected chi connectivity index (χ2v) is 7.40. The lowest BCUT2D eigenvalue weighted by molar-refractivity contribution is -0.141. The zero-order valence-corrected chi connectivity index (χ0v) is 17.0. The van der Waals surface area contributed by atoms with Crippen LogP contribution in [0.2, 0.25) is 0 Å². The molecule has 31 heavy (non-hydrogen) atoms. The van der Waals surface area contributed by atoms with Crippen LogP contribution in [0.4, 0.5) is 0 Å². The smallest absolute Gasteiger partial charge is 0.325 e. The van der Waals surface area contributed by atoms with Gasteiger partial charge in [0.05, 0.1) is 12.4 Å². The average Bonchev–Trinajstić information content (AvgIpc) is 3.25. The minimum Gasteiger partial charge on any atom is -0.480 e. The van der Waals surface area contributed by atoms with Gasteiger partial charge in [0.15, 0.2) is 0 Å². The number of aromatic nitrogens is 2. The number of fused-ring (bicyclic) bond motifs is 1. The molecule has 1 aromatic heterocycles. The molecular formula is C22H25N5O4. The van der Waals surface area contributed by atoms with Crippen molar-refractivity contribution in [2.24, 2.45) is 5.73 Å². The van der Waals surface area contributed by atoms with Crippen molar-refractivity contribution in [3.8, 4) is 0 Å². The Kier molecular flexibility index (Phi) is 6.99. The maximum Gasteiger partial charge on any atom is 0.325 e. The molecule has 6 N–H and O–H groups in total.